The molecule has 0 N–H and O–H groups in total. The van der Waals surface area contributed by atoms with E-state index in [0.29, 0.717) is 4.47 Å². The van der Waals surface area contributed by atoms with Crippen molar-refractivity contribution in [3.05, 3.63) is 80.4 Å². The number of nitro groups is 2. The Balaban J connectivity index is 2.16. The van der Waals surface area contributed by atoms with Gasteiger partial charge in [-0.1, -0.05) is 46.9 Å². The van der Waals surface area contributed by atoms with Crippen LogP contribution in [0.1, 0.15) is 18.0 Å². The highest BCUT2D eigenvalue weighted by atomic mass is 32.2. The van der Waals surface area contributed by atoms with E-state index in [4.69, 9.17) is 4.84 Å². The van der Waals surface area contributed by atoms with Crippen molar-refractivity contribution in [3.8, 4) is 0 Å². The van der Waals surface area contributed by atoms with Crippen LogP contribution in [0.3, 0.4) is 0 Å². The Morgan fingerprint density at radius 1 is 1.12 bits per heavy atom. The number of rotatable bonds is 7. The van der Waals surface area contributed by atoms with Crippen molar-refractivity contribution in [2.24, 2.45) is 5.92 Å². The molecule has 0 amide bonds. The van der Waals surface area contributed by atoms with Crippen LogP contribution in [0.25, 0.3) is 0 Å². The maximum Gasteiger partial charge on any atom is 0.306 e. The van der Waals surface area contributed by atoms with Crippen LogP contribution in [-0.4, -0.2) is 48.5 Å². The molecule has 0 saturated carbocycles. The first-order valence-corrected chi connectivity index (χ1v) is 10.8. The molecule has 170 valence electrons. The zero-order valence-electron chi connectivity index (χ0n) is 16.8. The lowest BCUT2D eigenvalue weighted by molar-refractivity contribution is -0.553. The molecule has 3 rings (SSSR count). The summed E-state index contributed by atoms with van der Waals surface area (Å²) in [4.78, 5) is 38.5. The topological polar surface area (TPSA) is 159 Å². The number of carbonyl (C=O) groups excluding carboxylic acids is 1. The molecule has 1 heterocycles. The predicted octanol–water partition coefficient (Wildman–Crippen LogP) is 2.10. The zero-order chi connectivity index (χ0) is 23.5. The van der Waals surface area contributed by atoms with Gasteiger partial charge in [-0.3, -0.25) is 29.9 Å². The summed E-state index contributed by atoms with van der Waals surface area (Å²) in [6.45, 7) is -0.482. The lowest BCUT2D eigenvalue weighted by atomic mass is 9.87. The minimum Gasteiger partial charge on any atom is -0.469 e. The van der Waals surface area contributed by atoms with Crippen LogP contribution in [-0.2, 0) is 24.4 Å². The average molecular weight is 465 g/mol. The van der Waals surface area contributed by atoms with E-state index < -0.39 is 61.0 Å². The van der Waals surface area contributed by atoms with E-state index in [1.54, 1.807) is 18.2 Å². The lowest BCUT2D eigenvalue weighted by Crippen LogP contribution is -2.53. The fourth-order valence-electron chi connectivity index (χ4n) is 3.61. The summed E-state index contributed by atoms with van der Waals surface area (Å²) in [5.41, 5.74) is -0.469. The van der Waals surface area contributed by atoms with Crippen molar-refractivity contribution >= 4 is 21.7 Å². The summed E-state index contributed by atoms with van der Waals surface area (Å²) >= 11 is 0. The van der Waals surface area contributed by atoms with Gasteiger partial charge in [-0.05, 0) is 11.6 Å². The molecule has 13 heteroatoms. The summed E-state index contributed by atoms with van der Waals surface area (Å²) in [6, 6.07) is 9.29. The molecule has 1 aliphatic rings. The number of hydroxylamine groups is 1. The van der Waals surface area contributed by atoms with Gasteiger partial charge in [-0.25, -0.2) is 8.42 Å². The largest absolute Gasteiger partial charge is 0.469 e. The van der Waals surface area contributed by atoms with E-state index in [1.807, 2.05) is 0 Å². The van der Waals surface area contributed by atoms with Crippen molar-refractivity contribution in [1.82, 2.24) is 4.47 Å². The first-order chi connectivity index (χ1) is 15.2. The highest BCUT2D eigenvalue weighted by Crippen LogP contribution is 2.41. The van der Waals surface area contributed by atoms with Crippen LogP contribution < -0.4 is 0 Å². The molecule has 0 bridgehead atoms. The summed E-state index contributed by atoms with van der Waals surface area (Å²) in [5, 5.41) is 23.5. The number of sulfonamides is 1. The molecule has 0 aliphatic carbocycles. The van der Waals surface area contributed by atoms with Crippen molar-refractivity contribution in [2.45, 2.75) is 23.4 Å². The number of ether oxygens (including phenoxy) is 1. The molecular weight excluding hydrogens is 446 g/mol. The van der Waals surface area contributed by atoms with Gasteiger partial charge in [0, 0.05) is 11.0 Å². The fraction of sp³-hybridized carbons (Fsp3) is 0.316. The molecule has 1 aliphatic heterocycles. The summed E-state index contributed by atoms with van der Waals surface area (Å²) in [5.74, 6) is -1.72. The van der Waals surface area contributed by atoms with Crippen molar-refractivity contribution < 1.29 is 32.6 Å². The number of esters is 1. The molecule has 1 fully saturated rings. The maximum atomic E-state index is 13.4. The number of hydrogen-bond donors (Lipinski definition) is 0. The second-order valence-corrected chi connectivity index (χ2v) is 8.70. The Morgan fingerprint density at radius 2 is 1.75 bits per heavy atom. The smallest absolute Gasteiger partial charge is 0.306 e. The van der Waals surface area contributed by atoms with Crippen molar-refractivity contribution in [3.63, 3.8) is 0 Å². The lowest BCUT2D eigenvalue weighted by Gasteiger charge is -2.38. The minimum absolute atomic E-state index is 0.228. The Morgan fingerprint density at radius 3 is 2.34 bits per heavy atom. The van der Waals surface area contributed by atoms with Crippen LogP contribution in [0.5, 0.6) is 0 Å². The molecule has 2 aromatic rings. The standard InChI is InChI=1S/C19H19N3O9S/c1-30-17(23)11-14-12-31-22(19(18(14)21(26)27)13-7-3-2-4-8-13)32(28,29)16-10-6-5-9-15(16)20(24)25/h2-10,14,18-19H,11-12H2,1H3/t14-,18+,19-/m1/s1. The normalized spacial score (nSPS) is 21.6. The van der Waals surface area contributed by atoms with E-state index in [0.717, 1.165) is 19.2 Å². The third kappa shape index (κ3) is 4.44. The predicted molar refractivity (Wildman–Crippen MR) is 108 cm³/mol. The van der Waals surface area contributed by atoms with Crippen LogP contribution in [0.2, 0.25) is 0 Å². The van der Waals surface area contributed by atoms with Gasteiger partial charge < -0.3 is 4.74 Å². The Kier molecular flexibility index (Phi) is 6.81. The number of carbonyl (C=O) groups is 1. The Bertz CT molecular complexity index is 1120. The summed E-state index contributed by atoms with van der Waals surface area (Å²) in [6.07, 6.45) is -0.370. The van der Waals surface area contributed by atoms with Gasteiger partial charge in [0.25, 0.3) is 15.7 Å². The second-order valence-electron chi connectivity index (χ2n) is 6.95. The minimum atomic E-state index is -4.71. The molecule has 2 aromatic carbocycles. The summed E-state index contributed by atoms with van der Waals surface area (Å²) < 4.78 is 31.9. The molecular formula is C19H19N3O9S. The highest BCUT2D eigenvalue weighted by Gasteiger charge is 2.53. The number of nitro benzene ring substituents is 1. The Labute approximate surface area is 182 Å². The monoisotopic (exact) mass is 465 g/mol. The number of para-hydroxylation sites is 1. The van der Waals surface area contributed by atoms with E-state index >= 15 is 0 Å². The van der Waals surface area contributed by atoms with Gasteiger partial charge >= 0.3 is 5.97 Å². The highest BCUT2D eigenvalue weighted by molar-refractivity contribution is 7.89. The zero-order valence-corrected chi connectivity index (χ0v) is 17.6. The van der Waals surface area contributed by atoms with E-state index in [2.05, 4.69) is 4.74 Å². The number of benzene rings is 2. The average Bonchev–Trinajstić information content (AvgIpc) is 2.78. The van der Waals surface area contributed by atoms with Gasteiger partial charge in [0.15, 0.2) is 4.90 Å². The van der Waals surface area contributed by atoms with Crippen LogP contribution >= 0.6 is 0 Å². The van der Waals surface area contributed by atoms with E-state index in [1.165, 1.54) is 24.3 Å². The fourth-order valence-corrected chi connectivity index (χ4v) is 5.20. The summed E-state index contributed by atoms with van der Waals surface area (Å²) in [7, 11) is -3.58. The molecule has 0 aromatic heterocycles. The van der Waals surface area contributed by atoms with Crippen LogP contribution in [0.15, 0.2) is 59.5 Å². The molecule has 0 radical (unpaired) electrons. The maximum absolute atomic E-state index is 13.4. The molecule has 0 unspecified atom stereocenters. The third-order valence-electron chi connectivity index (χ3n) is 5.07. The van der Waals surface area contributed by atoms with Gasteiger partial charge in [-0.15, -0.1) is 0 Å². The quantitative estimate of drug-likeness (QED) is 0.339. The SMILES string of the molecule is COC(=O)C[C@@H]1CON(S(=O)(=O)c2ccccc2[N+](=O)[O-])[C@H](c2ccccc2)[C@H]1[N+](=O)[O-]. The molecule has 0 spiro atoms. The first kappa shape index (κ1) is 23.2. The number of nitrogens with zero attached hydrogens (tertiary/aromatic N) is 3. The van der Waals surface area contributed by atoms with Crippen LogP contribution in [0.4, 0.5) is 5.69 Å². The number of hydrogen-bond acceptors (Lipinski definition) is 9. The molecule has 32 heavy (non-hydrogen) atoms. The third-order valence-corrected chi connectivity index (χ3v) is 6.77. The van der Waals surface area contributed by atoms with Gasteiger partial charge in [0.05, 0.1) is 31.0 Å². The molecule has 3 atom stereocenters. The van der Waals surface area contributed by atoms with Crippen molar-refractivity contribution in [1.29, 1.82) is 0 Å². The second kappa shape index (κ2) is 9.38. The van der Waals surface area contributed by atoms with Gasteiger partial charge in [0.2, 0.25) is 6.04 Å². The van der Waals surface area contributed by atoms with Crippen molar-refractivity contribution in [2.75, 3.05) is 13.7 Å². The molecule has 1 saturated heterocycles. The Hall–Kier alpha value is -3.42. The van der Waals surface area contributed by atoms with Gasteiger partial charge in [0.1, 0.15) is 6.04 Å². The van der Waals surface area contributed by atoms with E-state index in [9.17, 15) is 33.4 Å². The van der Waals surface area contributed by atoms with Crippen LogP contribution in [0, 0.1) is 26.1 Å². The van der Waals surface area contributed by atoms with E-state index in [-0.39, 0.29) is 12.0 Å². The number of methoxy groups -OCH3 is 1. The first-order valence-electron chi connectivity index (χ1n) is 9.34. The molecule has 12 nitrogen and oxygen atoms in total. The van der Waals surface area contributed by atoms with Gasteiger partial charge in [-0.2, -0.15) is 0 Å².